The molecule has 170 valence electrons. The smallest absolute Gasteiger partial charge is 0.407 e. The number of ether oxygens (including phenoxy) is 1. The van der Waals surface area contributed by atoms with Crippen molar-refractivity contribution in [3.8, 4) is 11.1 Å². The molecule has 0 saturated carbocycles. The molecule has 0 spiro atoms. The van der Waals surface area contributed by atoms with Crippen LogP contribution in [-0.2, 0) is 14.3 Å². The highest BCUT2D eigenvalue weighted by molar-refractivity contribution is 5.89. The summed E-state index contributed by atoms with van der Waals surface area (Å²) in [5.74, 6) is -1.69. The third-order valence-electron chi connectivity index (χ3n) is 5.82. The summed E-state index contributed by atoms with van der Waals surface area (Å²) in [6.07, 6.45) is 1.53. The maximum atomic E-state index is 12.6. The largest absolute Gasteiger partial charge is 0.480 e. The molecule has 3 rings (SSSR count). The predicted octanol–water partition coefficient (Wildman–Crippen LogP) is 4.06. The quantitative estimate of drug-likeness (QED) is 0.519. The summed E-state index contributed by atoms with van der Waals surface area (Å²) in [6, 6.07) is 14.3. The molecule has 0 fully saturated rings. The fourth-order valence-electron chi connectivity index (χ4n) is 4.07. The Balaban J connectivity index is 1.65. The zero-order valence-electron chi connectivity index (χ0n) is 18.5. The van der Waals surface area contributed by atoms with Crippen LogP contribution in [0.1, 0.15) is 56.6 Å². The molecule has 0 radical (unpaired) electrons. The first-order valence-electron chi connectivity index (χ1n) is 11.1. The molecule has 2 atom stereocenters. The average Bonchev–Trinajstić information content (AvgIpc) is 3.12. The van der Waals surface area contributed by atoms with Crippen LogP contribution in [0.2, 0.25) is 0 Å². The molecule has 2 amide bonds. The number of nitrogens with one attached hydrogen (secondary N) is 2. The Kier molecular flexibility index (Phi) is 7.87. The van der Waals surface area contributed by atoms with E-state index in [-0.39, 0.29) is 18.9 Å². The molecule has 2 aromatic rings. The second-order valence-corrected chi connectivity index (χ2v) is 7.97. The topological polar surface area (TPSA) is 105 Å². The van der Waals surface area contributed by atoms with Gasteiger partial charge < -0.3 is 20.5 Å². The third-order valence-corrected chi connectivity index (χ3v) is 5.82. The van der Waals surface area contributed by atoms with E-state index in [1.807, 2.05) is 43.3 Å². The second-order valence-electron chi connectivity index (χ2n) is 7.97. The Labute approximate surface area is 188 Å². The van der Waals surface area contributed by atoms with Crippen molar-refractivity contribution < 1.29 is 24.2 Å². The Morgan fingerprint density at radius 2 is 1.53 bits per heavy atom. The Morgan fingerprint density at radius 3 is 2.06 bits per heavy atom. The number of alkyl carbamates (subject to hydrolysis) is 1. The third kappa shape index (κ3) is 5.28. The SMILES string of the molecule is CCCC[C@H](NC(=O)OCC1c2ccccc2-c2ccccc21)C(=O)N[C@H](CC)C(=O)O. The summed E-state index contributed by atoms with van der Waals surface area (Å²) in [7, 11) is 0. The van der Waals surface area contributed by atoms with Crippen molar-refractivity contribution in [2.24, 2.45) is 0 Å². The van der Waals surface area contributed by atoms with Crippen molar-refractivity contribution in [1.29, 1.82) is 0 Å². The lowest BCUT2D eigenvalue weighted by atomic mass is 9.98. The van der Waals surface area contributed by atoms with Gasteiger partial charge in [-0.3, -0.25) is 4.79 Å². The number of unbranched alkanes of at least 4 members (excludes halogenated alkanes) is 1. The van der Waals surface area contributed by atoms with Gasteiger partial charge in [-0.1, -0.05) is 75.2 Å². The molecular weight excluding hydrogens is 408 g/mol. The van der Waals surface area contributed by atoms with Gasteiger partial charge in [-0.25, -0.2) is 9.59 Å². The number of carbonyl (C=O) groups is 3. The number of hydrogen-bond donors (Lipinski definition) is 3. The Bertz CT molecular complexity index is 929. The van der Waals surface area contributed by atoms with E-state index in [4.69, 9.17) is 4.74 Å². The van der Waals surface area contributed by atoms with Gasteiger partial charge in [-0.2, -0.15) is 0 Å². The van der Waals surface area contributed by atoms with Gasteiger partial charge in [-0.15, -0.1) is 0 Å². The monoisotopic (exact) mass is 438 g/mol. The van der Waals surface area contributed by atoms with Crippen LogP contribution in [0, 0.1) is 0 Å². The zero-order valence-corrected chi connectivity index (χ0v) is 18.5. The molecule has 0 aromatic heterocycles. The molecule has 7 heteroatoms. The molecule has 3 N–H and O–H groups in total. The van der Waals surface area contributed by atoms with Crippen LogP contribution in [0.3, 0.4) is 0 Å². The molecule has 7 nitrogen and oxygen atoms in total. The van der Waals surface area contributed by atoms with Crippen molar-refractivity contribution >= 4 is 18.0 Å². The van der Waals surface area contributed by atoms with E-state index in [1.165, 1.54) is 0 Å². The van der Waals surface area contributed by atoms with Crippen LogP contribution < -0.4 is 10.6 Å². The van der Waals surface area contributed by atoms with E-state index < -0.39 is 30.1 Å². The van der Waals surface area contributed by atoms with Crippen LogP contribution in [0.5, 0.6) is 0 Å². The number of rotatable bonds is 10. The molecule has 2 aromatic carbocycles. The van der Waals surface area contributed by atoms with Gasteiger partial charge >= 0.3 is 12.1 Å². The van der Waals surface area contributed by atoms with Crippen LogP contribution in [0.15, 0.2) is 48.5 Å². The van der Waals surface area contributed by atoms with Crippen LogP contribution in [0.4, 0.5) is 4.79 Å². The maximum absolute atomic E-state index is 12.6. The van der Waals surface area contributed by atoms with Crippen molar-refractivity contribution in [2.75, 3.05) is 6.61 Å². The lowest BCUT2D eigenvalue weighted by molar-refractivity contribution is -0.142. The van der Waals surface area contributed by atoms with Gasteiger partial charge in [0.05, 0.1) is 0 Å². The summed E-state index contributed by atoms with van der Waals surface area (Å²) in [4.78, 5) is 36.4. The fourth-order valence-corrected chi connectivity index (χ4v) is 4.07. The zero-order chi connectivity index (χ0) is 23.1. The average molecular weight is 439 g/mol. The van der Waals surface area contributed by atoms with E-state index >= 15 is 0 Å². The van der Waals surface area contributed by atoms with Gasteiger partial charge in [0.15, 0.2) is 0 Å². The molecule has 0 bridgehead atoms. The minimum Gasteiger partial charge on any atom is -0.480 e. The van der Waals surface area contributed by atoms with Crippen molar-refractivity contribution in [2.45, 2.75) is 57.5 Å². The van der Waals surface area contributed by atoms with Gasteiger partial charge in [-0.05, 0) is 35.1 Å². The minimum absolute atomic E-state index is 0.0763. The van der Waals surface area contributed by atoms with E-state index in [2.05, 4.69) is 22.8 Å². The maximum Gasteiger partial charge on any atom is 0.407 e. The molecule has 0 heterocycles. The van der Waals surface area contributed by atoms with Crippen LogP contribution >= 0.6 is 0 Å². The molecule has 1 aliphatic carbocycles. The first kappa shape index (κ1) is 23.3. The summed E-state index contributed by atoms with van der Waals surface area (Å²) in [5.41, 5.74) is 4.48. The fraction of sp³-hybridized carbons (Fsp3) is 0.400. The van der Waals surface area contributed by atoms with Crippen molar-refractivity contribution in [1.82, 2.24) is 10.6 Å². The highest BCUT2D eigenvalue weighted by atomic mass is 16.5. The van der Waals surface area contributed by atoms with Crippen molar-refractivity contribution in [3.05, 3.63) is 59.7 Å². The lowest BCUT2D eigenvalue weighted by Crippen LogP contribution is -2.51. The number of carboxylic acids is 1. The Morgan fingerprint density at radius 1 is 0.938 bits per heavy atom. The van der Waals surface area contributed by atoms with E-state index in [9.17, 15) is 19.5 Å². The number of aliphatic carboxylic acids is 1. The highest BCUT2D eigenvalue weighted by Crippen LogP contribution is 2.44. The Hall–Kier alpha value is -3.35. The number of hydrogen-bond acceptors (Lipinski definition) is 4. The van der Waals surface area contributed by atoms with Gasteiger partial charge in [0.25, 0.3) is 0 Å². The van der Waals surface area contributed by atoms with Gasteiger partial charge in [0, 0.05) is 5.92 Å². The number of fused-ring (bicyclic) bond motifs is 3. The number of benzene rings is 2. The lowest BCUT2D eigenvalue weighted by Gasteiger charge is -2.21. The summed E-state index contributed by atoms with van der Waals surface area (Å²) < 4.78 is 5.53. The molecule has 1 aliphatic rings. The normalized spacial score (nSPS) is 14.1. The number of carbonyl (C=O) groups excluding carboxylic acids is 2. The standard InChI is InChI=1S/C25H30N2O5/c1-3-5-14-22(23(28)26-21(4-2)24(29)30)27-25(31)32-15-20-18-12-8-6-10-16(18)17-11-7-9-13-19(17)20/h6-13,20-22H,3-5,14-15H2,1-2H3,(H,26,28)(H,27,31)(H,29,30)/t21-,22+/m1/s1. The van der Waals surface area contributed by atoms with Crippen LogP contribution in [-0.4, -0.2) is 41.8 Å². The molecular formula is C25H30N2O5. The number of amides is 2. The van der Waals surface area contributed by atoms with E-state index in [0.717, 1.165) is 28.7 Å². The van der Waals surface area contributed by atoms with Crippen LogP contribution in [0.25, 0.3) is 11.1 Å². The van der Waals surface area contributed by atoms with Gasteiger partial charge in [0.1, 0.15) is 18.7 Å². The highest BCUT2D eigenvalue weighted by Gasteiger charge is 2.30. The summed E-state index contributed by atoms with van der Waals surface area (Å²) in [5, 5.41) is 14.3. The molecule has 0 aliphatic heterocycles. The molecule has 0 saturated heterocycles. The van der Waals surface area contributed by atoms with Crippen molar-refractivity contribution in [3.63, 3.8) is 0 Å². The summed E-state index contributed by atoms with van der Waals surface area (Å²) >= 11 is 0. The second kappa shape index (κ2) is 10.8. The van der Waals surface area contributed by atoms with E-state index in [1.54, 1.807) is 6.92 Å². The van der Waals surface area contributed by atoms with E-state index in [0.29, 0.717) is 12.8 Å². The van der Waals surface area contributed by atoms with Gasteiger partial charge in [0.2, 0.25) is 5.91 Å². The molecule has 32 heavy (non-hydrogen) atoms. The first-order valence-corrected chi connectivity index (χ1v) is 11.1. The summed E-state index contributed by atoms with van der Waals surface area (Å²) in [6.45, 7) is 3.81. The minimum atomic E-state index is -1.10. The molecule has 0 unspecified atom stereocenters. The first-order chi connectivity index (χ1) is 15.5. The predicted molar refractivity (Wildman–Crippen MR) is 121 cm³/mol. The number of carboxylic acid groups (broad SMARTS) is 1.